The lowest BCUT2D eigenvalue weighted by atomic mass is 10.0. The largest absolute Gasteiger partial charge is 0.573 e. The minimum atomic E-state index is -5.19. The zero-order valence-electron chi connectivity index (χ0n) is 19.2. The Bertz CT molecular complexity index is 1090. The predicted molar refractivity (Wildman–Crippen MR) is 124 cm³/mol. The number of alkyl halides is 3. The van der Waals surface area contributed by atoms with Crippen LogP contribution in [0.25, 0.3) is 11.3 Å². The van der Waals surface area contributed by atoms with Crippen molar-refractivity contribution in [2.45, 2.75) is 57.3 Å². The Hall–Kier alpha value is -2.95. The van der Waals surface area contributed by atoms with E-state index < -0.39 is 35.0 Å². The topological polar surface area (TPSA) is 96.1 Å². The van der Waals surface area contributed by atoms with Gasteiger partial charge in [-0.05, 0) is 57.2 Å². The molecule has 1 atom stereocenters. The van der Waals surface area contributed by atoms with E-state index >= 15 is 4.39 Å². The molecule has 3 fully saturated rings. The Kier molecular flexibility index (Phi) is 7.16. The number of hydrogen-bond donors (Lipinski definition) is 4. The summed E-state index contributed by atoms with van der Waals surface area (Å²) in [6.45, 7) is 4.75. The van der Waals surface area contributed by atoms with Crippen molar-refractivity contribution in [1.82, 2.24) is 10.3 Å². The van der Waals surface area contributed by atoms with Crippen LogP contribution >= 0.6 is 0 Å². The molecule has 35 heavy (non-hydrogen) atoms. The number of rotatable bonds is 6. The van der Waals surface area contributed by atoms with Crippen molar-refractivity contribution >= 4 is 17.6 Å². The molecule has 2 aliphatic carbocycles. The van der Waals surface area contributed by atoms with Crippen LogP contribution in [-0.2, 0) is 0 Å². The van der Waals surface area contributed by atoms with Gasteiger partial charge in [0.2, 0.25) is 0 Å². The van der Waals surface area contributed by atoms with Crippen LogP contribution in [0, 0.1) is 23.0 Å². The van der Waals surface area contributed by atoms with E-state index in [2.05, 4.69) is 27.3 Å². The molecule has 190 valence electrons. The van der Waals surface area contributed by atoms with E-state index in [1.54, 1.807) is 0 Å². The molecule has 1 aromatic carbocycles. The van der Waals surface area contributed by atoms with Gasteiger partial charge in [0.15, 0.2) is 17.4 Å². The number of anilines is 2. The second kappa shape index (κ2) is 9.96. The molecule has 2 saturated carbocycles. The Balaban J connectivity index is 0.000000421. The fourth-order valence-electron chi connectivity index (χ4n) is 3.97. The third kappa shape index (κ3) is 6.19. The molecule has 3 aliphatic rings. The van der Waals surface area contributed by atoms with Crippen LogP contribution in [0.1, 0.15) is 56.2 Å². The summed E-state index contributed by atoms with van der Waals surface area (Å²) in [7, 11) is 0. The Morgan fingerprint density at radius 3 is 2.37 bits per heavy atom. The van der Waals surface area contributed by atoms with Crippen molar-refractivity contribution < 1.29 is 26.7 Å². The number of nitrogens with zero attached hydrogens (tertiary/aromatic N) is 1. The van der Waals surface area contributed by atoms with E-state index in [9.17, 15) is 17.6 Å². The lowest BCUT2D eigenvalue weighted by molar-refractivity contribution is -0.275. The first kappa shape index (κ1) is 25.2. The number of nitrogens with one attached hydrogen (secondary N) is 3. The summed E-state index contributed by atoms with van der Waals surface area (Å²) in [5, 5.41) is 13.9. The summed E-state index contributed by atoms with van der Waals surface area (Å²) in [5.41, 5.74) is 4.99. The molecule has 6 nitrogen and oxygen atoms in total. The zero-order chi connectivity index (χ0) is 25.3. The van der Waals surface area contributed by atoms with Crippen LogP contribution in [0.5, 0.6) is 5.75 Å². The highest BCUT2D eigenvalue weighted by atomic mass is 19.4. The highest BCUT2D eigenvalue weighted by Crippen LogP contribution is 2.46. The summed E-state index contributed by atoms with van der Waals surface area (Å²) < 4.78 is 72.0. The normalized spacial score (nSPS) is 19.7. The maximum atomic E-state index is 15.4. The number of nitrogen functional groups attached to an aromatic ring is 1. The number of hydrogen-bond acceptors (Lipinski definition) is 6. The van der Waals surface area contributed by atoms with Crippen LogP contribution in [-0.4, -0.2) is 36.7 Å². The van der Waals surface area contributed by atoms with Crippen molar-refractivity contribution in [2.24, 2.45) is 5.92 Å². The molecule has 1 saturated heterocycles. The van der Waals surface area contributed by atoms with Gasteiger partial charge in [0.25, 0.3) is 0 Å². The minimum absolute atomic E-state index is 0.00831. The van der Waals surface area contributed by atoms with E-state index in [0.29, 0.717) is 11.8 Å². The summed E-state index contributed by atoms with van der Waals surface area (Å²) >= 11 is 0. The van der Waals surface area contributed by atoms with E-state index in [1.807, 2.05) is 0 Å². The first-order chi connectivity index (χ1) is 16.6. The standard InChI is InChI=1S/C19H17F5N4O.C5H11N/c20-13-6-9(26)5-11(18(13)29-19(22,23)24)16-14(21)17(27-10-3-4-10)12(7-25)15(28-16)8-1-2-8;1-5-2-3-6-4-5/h5-8,10,25H,1-4,26H2,(H,27,28);5-6H,2-4H2,1H3. The molecule has 0 amide bonds. The van der Waals surface area contributed by atoms with Gasteiger partial charge in [-0.25, -0.2) is 13.8 Å². The van der Waals surface area contributed by atoms with Gasteiger partial charge in [-0.2, -0.15) is 0 Å². The molecule has 1 unspecified atom stereocenters. The van der Waals surface area contributed by atoms with Gasteiger partial charge >= 0.3 is 6.36 Å². The smallest absolute Gasteiger partial charge is 0.402 e. The van der Waals surface area contributed by atoms with Crippen LogP contribution in [0.3, 0.4) is 0 Å². The monoisotopic (exact) mass is 497 g/mol. The van der Waals surface area contributed by atoms with Gasteiger partial charge < -0.3 is 26.5 Å². The maximum absolute atomic E-state index is 15.4. The summed E-state index contributed by atoms with van der Waals surface area (Å²) in [5.74, 6) is -2.65. The van der Waals surface area contributed by atoms with Crippen molar-refractivity contribution in [3.63, 3.8) is 0 Å². The fourth-order valence-corrected chi connectivity index (χ4v) is 3.97. The molecular weight excluding hydrogens is 469 g/mol. The molecule has 11 heteroatoms. The van der Waals surface area contributed by atoms with Gasteiger partial charge in [0, 0.05) is 35.5 Å². The van der Waals surface area contributed by atoms with E-state index in [-0.39, 0.29) is 28.9 Å². The Labute approximate surface area is 200 Å². The van der Waals surface area contributed by atoms with Crippen LogP contribution in [0.15, 0.2) is 12.1 Å². The maximum Gasteiger partial charge on any atom is 0.573 e. The quantitative estimate of drug-likeness (QED) is 0.238. The number of aromatic nitrogens is 1. The Morgan fingerprint density at radius 1 is 1.17 bits per heavy atom. The third-order valence-corrected chi connectivity index (χ3v) is 6.08. The minimum Gasteiger partial charge on any atom is -0.402 e. The van der Waals surface area contributed by atoms with Crippen LogP contribution in [0.4, 0.5) is 33.3 Å². The number of pyridine rings is 1. The SMILES string of the molecule is CC1CCNC1.N=Cc1c(C2CC2)nc(-c2cc(N)cc(F)c2OC(F)(F)F)c(F)c1NC1CC1. The van der Waals surface area contributed by atoms with Gasteiger partial charge in [-0.15, -0.1) is 13.2 Å². The number of nitrogens with two attached hydrogens (primary N) is 1. The second-order valence-electron chi connectivity index (χ2n) is 9.31. The van der Waals surface area contributed by atoms with Gasteiger partial charge in [-0.1, -0.05) is 6.92 Å². The van der Waals surface area contributed by atoms with Crippen molar-refractivity contribution in [3.8, 4) is 17.0 Å². The second-order valence-corrected chi connectivity index (χ2v) is 9.31. The number of ether oxygens (including phenoxy) is 1. The lowest BCUT2D eigenvalue weighted by Gasteiger charge is -2.19. The average Bonchev–Trinajstić information content (AvgIpc) is 3.71. The Morgan fingerprint density at radius 2 is 1.89 bits per heavy atom. The number of halogens is 5. The van der Waals surface area contributed by atoms with E-state index in [0.717, 1.165) is 43.9 Å². The average molecular weight is 498 g/mol. The molecule has 1 aliphatic heterocycles. The zero-order valence-corrected chi connectivity index (χ0v) is 19.2. The molecular formula is C24H28F5N5O. The molecule has 0 radical (unpaired) electrons. The highest BCUT2D eigenvalue weighted by molar-refractivity contribution is 5.90. The lowest BCUT2D eigenvalue weighted by Crippen LogP contribution is -2.19. The van der Waals surface area contributed by atoms with Gasteiger partial charge in [-0.3, -0.25) is 0 Å². The molecule has 1 aromatic heterocycles. The van der Waals surface area contributed by atoms with Gasteiger partial charge in [0.05, 0.1) is 16.9 Å². The van der Waals surface area contributed by atoms with E-state index in [1.165, 1.54) is 19.5 Å². The van der Waals surface area contributed by atoms with Crippen molar-refractivity contribution in [1.29, 1.82) is 5.41 Å². The van der Waals surface area contributed by atoms with Crippen LogP contribution < -0.4 is 21.1 Å². The summed E-state index contributed by atoms with van der Waals surface area (Å²) in [6, 6.07) is 1.67. The van der Waals surface area contributed by atoms with Gasteiger partial charge in [0.1, 0.15) is 5.69 Å². The summed E-state index contributed by atoms with van der Waals surface area (Å²) in [6.07, 6.45) is 0.306. The molecule has 2 heterocycles. The molecule has 5 rings (SSSR count). The first-order valence-electron chi connectivity index (χ1n) is 11.6. The predicted octanol–water partition coefficient (Wildman–Crippen LogP) is 5.57. The fraction of sp³-hybridized carbons (Fsp3) is 0.500. The van der Waals surface area contributed by atoms with Crippen molar-refractivity contribution in [3.05, 3.63) is 35.0 Å². The molecule has 5 N–H and O–H groups in total. The first-order valence-corrected chi connectivity index (χ1v) is 11.6. The van der Waals surface area contributed by atoms with Crippen LogP contribution in [0.2, 0.25) is 0 Å². The summed E-state index contributed by atoms with van der Waals surface area (Å²) in [4.78, 5) is 4.20. The third-order valence-electron chi connectivity index (χ3n) is 6.08. The van der Waals surface area contributed by atoms with E-state index in [4.69, 9.17) is 11.1 Å². The highest BCUT2D eigenvalue weighted by Gasteiger charge is 2.37. The molecule has 2 aromatic rings. The van der Waals surface area contributed by atoms with Crippen molar-refractivity contribution in [2.75, 3.05) is 24.1 Å². The molecule has 0 bridgehead atoms. The molecule has 0 spiro atoms. The number of benzene rings is 1.